The fourth-order valence-corrected chi connectivity index (χ4v) is 2.50. The van der Waals surface area contributed by atoms with Gasteiger partial charge in [0.15, 0.2) is 0 Å². The summed E-state index contributed by atoms with van der Waals surface area (Å²) in [5.41, 5.74) is 10.3. The lowest BCUT2D eigenvalue weighted by atomic mass is 10.1. The molecule has 0 radical (unpaired) electrons. The van der Waals surface area contributed by atoms with Gasteiger partial charge in [-0.3, -0.25) is 24.0 Å². The summed E-state index contributed by atoms with van der Waals surface area (Å²) in [6.07, 6.45) is -0.225. The molecule has 0 bridgehead atoms. The van der Waals surface area contributed by atoms with Crippen LogP contribution < -0.4 is 22.1 Å². The van der Waals surface area contributed by atoms with Crippen LogP contribution in [0.25, 0.3) is 0 Å². The second-order valence-electron chi connectivity index (χ2n) is 5.01. The van der Waals surface area contributed by atoms with Gasteiger partial charge in [-0.2, -0.15) is 11.8 Å². The van der Waals surface area contributed by atoms with Crippen molar-refractivity contribution in [3.63, 3.8) is 0 Å². The number of carboxylic acid groups (broad SMARTS) is 2. The normalized spacial score (nSPS) is 12.7. The van der Waals surface area contributed by atoms with E-state index in [1.807, 2.05) is 0 Å². The van der Waals surface area contributed by atoms with Crippen molar-refractivity contribution in [1.29, 1.82) is 0 Å². The topological polar surface area (TPSA) is 202 Å². The van der Waals surface area contributed by atoms with E-state index in [1.54, 1.807) is 0 Å². The first-order valence-electron chi connectivity index (χ1n) is 7.26. The fraction of sp³-hybridized carbons (Fsp3) is 0.615. The number of hydrogen-bond acceptors (Lipinski definition) is 7. The number of aliphatic carboxylic acids is 2. The van der Waals surface area contributed by atoms with Gasteiger partial charge in [0.1, 0.15) is 18.6 Å². The zero-order valence-corrected chi connectivity index (χ0v) is 14.2. The molecule has 11 nitrogen and oxygen atoms in total. The van der Waals surface area contributed by atoms with E-state index in [2.05, 4.69) is 10.6 Å². The molecule has 0 heterocycles. The number of carbonyl (C=O) groups is 5. The Kier molecular flexibility index (Phi) is 11.0. The largest absolute Gasteiger partial charge is 0.480 e. The first kappa shape index (κ1) is 22.7. The van der Waals surface area contributed by atoms with Crippen molar-refractivity contribution in [2.45, 2.75) is 31.3 Å². The van der Waals surface area contributed by atoms with Crippen molar-refractivity contribution in [3.05, 3.63) is 0 Å². The molecule has 0 saturated heterocycles. The van der Waals surface area contributed by atoms with Gasteiger partial charge in [-0.05, 0) is 6.42 Å². The van der Waals surface area contributed by atoms with E-state index in [-0.39, 0.29) is 25.0 Å². The second-order valence-corrected chi connectivity index (χ2v) is 6.16. The number of nitrogens with one attached hydrogen (secondary N) is 2. The van der Waals surface area contributed by atoms with Crippen LogP contribution in [0.5, 0.6) is 0 Å². The number of nitrogens with two attached hydrogens (primary N) is 2. The molecular formula is C13H22N4O7S. The SMILES string of the molecule is NC(=O)CCSC[C@H](NC(=O)CC[C@H](N)C(=O)O)C(=O)NCC(=O)O. The standard InChI is InChI=1S/C13H22N4O7S/c14-7(13(23)24)1-2-10(19)17-8(6-25-4-3-9(15)18)12(22)16-5-11(20)21/h7-8H,1-6,14H2,(H2,15,18)(H,16,22)(H,17,19)(H,20,21)(H,23,24)/t7-,8-/m0/s1. The van der Waals surface area contributed by atoms with E-state index in [1.165, 1.54) is 11.8 Å². The fourth-order valence-electron chi connectivity index (χ4n) is 1.52. The average Bonchev–Trinajstić information content (AvgIpc) is 2.52. The number of primary amides is 1. The smallest absolute Gasteiger partial charge is 0.322 e. The van der Waals surface area contributed by atoms with E-state index >= 15 is 0 Å². The van der Waals surface area contributed by atoms with Gasteiger partial charge in [-0.1, -0.05) is 0 Å². The molecule has 0 aromatic rings. The van der Waals surface area contributed by atoms with Crippen molar-refractivity contribution in [3.8, 4) is 0 Å². The molecule has 8 N–H and O–H groups in total. The second kappa shape index (κ2) is 12.1. The lowest BCUT2D eigenvalue weighted by Gasteiger charge is -2.18. The van der Waals surface area contributed by atoms with Gasteiger partial charge in [0.05, 0.1) is 0 Å². The van der Waals surface area contributed by atoms with Crippen molar-refractivity contribution >= 4 is 41.4 Å². The summed E-state index contributed by atoms with van der Waals surface area (Å²) >= 11 is 1.18. The van der Waals surface area contributed by atoms with Crippen LogP contribution in [0.3, 0.4) is 0 Å². The first-order chi connectivity index (χ1) is 11.6. The molecule has 0 unspecified atom stereocenters. The molecule has 0 fully saturated rings. The van der Waals surface area contributed by atoms with Crippen LogP contribution in [-0.2, 0) is 24.0 Å². The number of amides is 3. The first-order valence-corrected chi connectivity index (χ1v) is 8.42. The minimum Gasteiger partial charge on any atom is -0.480 e. The number of rotatable bonds is 13. The molecule has 0 aromatic carbocycles. The number of hydrogen-bond donors (Lipinski definition) is 6. The Morgan fingerprint density at radius 2 is 1.72 bits per heavy atom. The zero-order chi connectivity index (χ0) is 19.4. The maximum atomic E-state index is 11.9. The quantitative estimate of drug-likeness (QED) is 0.187. The molecule has 2 atom stereocenters. The summed E-state index contributed by atoms with van der Waals surface area (Å²) in [5.74, 6) is -3.87. The molecular weight excluding hydrogens is 356 g/mol. The molecule has 0 aliphatic rings. The molecule has 0 aliphatic carbocycles. The molecule has 0 spiro atoms. The summed E-state index contributed by atoms with van der Waals surface area (Å²) in [6.45, 7) is -0.610. The molecule has 3 amide bonds. The van der Waals surface area contributed by atoms with Crippen LogP contribution in [0, 0.1) is 0 Å². The van der Waals surface area contributed by atoms with Crippen LogP contribution in [0.1, 0.15) is 19.3 Å². The highest BCUT2D eigenvalue weighted by atomic mass is 32.2. The molecule has 0 rings (SSSR count). The summed E-state index contributed by atoms with van der Waals surface area (Å²) in [5, 5.41) is 21.8. The van der Waals surface area contributed by atoms with E-state index in [9.17, 15) is 24.0 Å². The van der Waals surface area contributed by atoms with Crippen LogP contribution >= 0.6 is 11.8 Å². The molecule has 0 saturated carbocycles. The minimum atomic E-state index is -1.24. The number of thioether (sulfide) groups is 1. The predicted molar refractivity (Wildman–Crippen MR) is 88.6 cm³/mol. The van der Waals surface area contributed by atoms with Gasteiger partial charge >= 0.3 is 11.9 Å². The maximum absolute atomic E-state index is 11.9. The molecule has 25 heavy (non-hydrogen) atoms. The third-order valence-electron chi connectivity index (χ3n) is 2.84. The average molecular weight is 378 g/mol. The predicted octanol–water partition coefficient (Wildman–Crippen LogP) is -2.53. The number of carboxylic acids is 2. The zero-order valence-electron chi connectivity index (χ0n) is 13.4. The summed E-state index contributed by atoms with van der Waals surface area (Å²) in [4.78, 5) is 55.5. The van der Waals surface area contributed by atoms with Gasteiger partial charge in [0.25, 0.3) is 0 Å². The molecule has 0 aromatic heterocycles. The van der Waals surface area contributed by atoms with E-state index in [0.717, 1.165) is 0 Å². The van der Waals surface area contributed by atoms with Crippen LogP contribution in [0.15, 0.2) is 0 Å². The molecule has 0 aliphatic heterocycles. The minimum absolute atomic E-state index is 0.0927. The van der Waals surface area contributed by atoms with Crippen LogP contribution in [0.2, 0.25) is 0 Å². The Hall–Kier alpha value is -2.34. The molecule has 12 heteroatoms. The Morgan fingerprint density at radius 1 is 1.08 bits per heavy atom. The lowest BCUT2D eigenvalue weighted by Crippen LogP contribution is -2.49. The third kappa shape index (κ3) is 11.8. The number of carbonyl (C=O) groups excluding carboxylic acids is 3. The van der Waals surface area contributed by atoms with Gasteiger partial charge in [-0.15, -0.1) is 0 Å². The van der Waals surface area contributed by atoms with Gasteiger partial charge in [-0.25, -0.2) is 0 Å². The summed E-state index contributed by atoms with van der Waals surface area (Å²) in [6, 6.07) is -2.24. The molecule has 142 valence electrons. The van der Waals surface area contributed by atoms with E-state index in [4.69, 9.17) is 21.7 Å². The van der Waals surface area contributed by atoms with Gasteiger partial charge in [0.2, 0.25) is 17.7 Å². The van der Waals surface area contributed by atoms with Crippen LogP contribution in [-0.4, -0.2) is 70.0 Å². The maximum Gasteiger partial charge on any atom is 0.322 e. The highest BCUT2D eigenvalue weighted by Gasteiger charge is 2.22. The van der Waals surface area contributed by atoms with Gasteiger partial charge < -0.3 is 32.3 Å². The van der Waals surface area contributed by atoms with Crippen molar-refractivity contribution in [2.24, 2.45) is 11.5 Å². The van der Waals surface area contributed by atoms with E-state index < -0.39 is 48.3 Å². The third-order valence-corrected chi connectivity index (χ3v) is 3.90. The Bertz CT molecular complexity index is 515. The highest BCUT2D eigenvalue weighted by Crippen LogP contribution is 2.06. The van der Waals surface area contributed by atoms with Crippen molar-refractivity contribution in [2.75, 3.05) is 18.1 Å². The lowest BCUT2D eigenvalue weighted by molar-refractivity contribution is -0.139. The summed E-state index contributed by atoms with van der Waals surface area (Å²) < 4.78 is 0. The van der Waals surface area contributed by atoms with E-state index in [0.29, 0.717) is 5.75 Å². The Balaban J connectivity index is 4.55. The monoisotopic (exact) mass is 378 g/mol. The Labute approximate surface area is 147 Å². The van der Waals surface area contributed by atoms with Crippen molar-refractivity contribution < 1.29 is 34.2 Å². The van der Waals surface area contributed by atoms with Crippen molar-refractivity contribution in [1.82, 2.24) is 10.6 Å². The highest BCUT2D eigenvalue weighted by molar-refractivity contribution is 7.99. The van der Waals surface area contributed by atoms with Crippen LogP contribution in [0.4, 0.5) is 0 Å². The Morgan fingerprint density at radius 3 is 2.24 bits per heavy atom. The summed E-state index contributed by atoms with van der Waals surface area (Å²) in [7, 11) is 0. The van der Waals surface area contributed by atoms with Gasteiger partial charge in [0, 0.05) is 24.3 Å².